The Hall–Kier alpha value is -2.02. The van der Waals surface area contributed by atoms with Crippen LogP contribution in [0.4, 0.5) is 32.0 Å². The zero-order valence-corrected chi connectivity index (χ0v) is 18.3. The number of nitrogens with zero attached hydrogens (tertiary/aromatic N) is 1. The van der Waals surface area contributed by atoms with Crippen LogP contribution in [0.2, 0.25) is 10.0 Å². The summed E-state index contributed by atoms with van der Waals surface area (Å²) >= 11 is 11.6. The van der Waals surface area contributed by atoms with Crippen LogP contribution in [0.25, 0.3) is 0 Å². The number of carbonyl (C=O) groups is 1. The summed E-state index contributed by atoms with van der Waals surface area (Å²) in [6, 6.07) is 4.71. The molecule has 0 atom stereocenters. The molecule has 0 radical (unpaired) electrons. The van der Waals surface area contributed by atoms with Gasteiger partial charge in [0.25, 0.3) is 0 Å². The first-order valence-electron chi connectivity index (χ1n) is 8.45. The lowest BCUT2D eigenvalue weighted by Crippen LogP contribution is -2.37. The number of nitrogens with one attached hydrogen (secondary N) is 1. The van der Waals surface area contributed by atoms with Gasteiger partial charge >= 0.3 is 12.4 Å². The van der Waals surface area contributed by atoms with Gasteiger partial charge in [0.05, 0.1) is 34.0 Å². The van der Waals surface area contributed by atoms with E-state index in [1.54, 1.807) is 0 Å². The smallest absolute Gasteiger partial charge is 0.325 e. The van der Waals surface area contributed by atoms with Crippen molar-refractivity contribution in [3.63, 3.8) is 0 Å². The molecule has 0 spiro atoms. The van der Waals surface area contributed by atoms with Crippen LogP contribution >= 0.6 is 23.2 Å². The van der Waals surface area contributed by atoms with Crippen LogP contribution in [0.1, 0.15) is 16.7 Å². The fraction of sp³-hybridized carbons (Fsp3) is 0.278. The maximum absolute atomic E-state index is 13.0. The molecule has 32 heavy (non-hydrogen) atoms. The molecule has 5 nitrogen and oxygen atoms in total. The molecule has 1 amide bonds. The minimum atomic E-state index is -5.10. The van der Waals surface area contributed by atoms with Crippen LogP contribution in [0.3, 0.4) is 0 Å². The molecule has 0 saturated heterocycles. The molecule has 0 saturated carbocycles. The molecule has 176 valence electrons. The Balaban J connectivity index is 2.28. The van der Waals surface area contributed by atoms with Crippen molar-refractivity contribution in [3.8, 4) is 0 Å². The van der Waals surface area contributed by atoms with Crippen molar-refractivity contribution >= 4 is 44.8 Å². The van der Waals surface area contributed by atoms with Crippen LogP contribution in [0, 0.1) is 0 Å². The number of hydrogen-bond acceptors (Lipinski definition) is 3. The lowest BCUT2D eigenvalue weighted by atomic mass is 10.1. The van der Waals surface area contributed by atoms with E-state index in [0.29, 0.717) is 22.0 Å². The zero-order chi connectivity index (χ0) is 24.5. The molecule has 14 heteroatoms. The van der Waals surface area contributed by atoms with Gasteiger partial charge in [0.1, 0.15) is 0 Å². The van der Waals surface area contributed by atoms with Crippen molar-refractivity contribution in [1.29, 1.82) is 0 Å². The van der Waals surface area contributed by atoms with E-state index >= 15 is 0 Å². The summed E-state index contributed by atoms with van der Waals surface area (Å²) in [6.07, 6.45) is -9.43. The van der Waals surface area contributed by atoms with Crippen molar-refractivity contribution < 1.29 is 39.6 Å². The number of rotatable bonds is 6. The second-order valence-electron chi connectivity index (χ2n) is 6.62. The molecule has 0 unspecified atom stereocenters. The summed E-state index contributed by atoms with van der Waals surface area (Å²) in [5, 5.41) is 2.20. The SMILES string of the molecule is CS(=O)(=O)N(CC(=O)Nc1cc(C(F)(F)F)cc(C(F)(F)F)c1)Cc1ccc(Cl)c(Cl)c1. The van der Waals surface area contributed by atoms with Gasteiger partial charge in [-0.1, -0.05) is 29.3 Å². The molecule has 0 aliphatic rings. The van der Waals surface area contributed by atoms with Crippen molar-refractivity contribution in [2.75, 3.05) is 18.1 Å². The maximum Gasteiger partial charge on any atom is 0.416 e. The van der Waals surface area contributed by atoms with Gasteiger partial charge in [0.2, 0.25) is 15.9 Å². The van der Waals surface area contributed by atoms with Crippen molar-refractivity contribution in [1.82, 2.24) is 4.31 Å². The number of carbonyl (C=O) groups excluding carboxylic acids is 1. The van der Waals surface area contributed by atoms with Gasteiger partial charge in [-0.25, -0.2) is 8.42 Å². The minimum Gasteiger partial charge on any atom is -0.325 e. The highest BCUT2D eigenvalue weighted by Gasteiger charge is 2.37. The molecule has 2 aromatic rings. The summed E-state index contributed by atoms with van der Waals surface area (Å²) < 4.78 is 102. The number of benzene rings is 2. The molecule has 0 aliphatic carbocycles. The van der Waals surface area contributed by atoms with Crippen LogP contribution in [0.15, 0.2) is 36.4 Å². The normalized spacial score (nSPS) is 12.8. The average molecular weight is 523 g/mol. The quantitative estimate of drug-likeness (QED) is 0.514. The first-order chi connectivity index (χ1) is 14.5. The molecule has 0 bridgehead atoms. The van der Waals surface area contributed by atoms with E-state index < -0.39 is 51.6 Å². The monoisotopic (exact) mass is 522 g/mol. The van der Waals surface area contributed by atoms with E-state index in [1.165, 1.54) is 18.2 Å². The third-order valence-corrected chi connectivity index (χ3v) is 5.94. The summed E-state index contributed by atoms with van der Waals surface area (Å²) in [6.45, 7) is -1.23. The Bertz CT molecular complexity index is 1090. The molecule has 0 heterocycles. The lowest BCUT2D eigenvalue weighted by molar-refractivity contribution is -0.143. The second kappa shape index (κ2) is 9.46. The predicted molar refractivity (Wildman–Crippen MR) is 107 cm³/mol. The van der Waals surface area contributed by atoms with Gasteiger partial charge in [0, 0.05) is 12.2 Å². The standard InChI is InChI=1S/C18H14Cl2F6N2O3S/c1-32(30,31)28(8-10-2-3-14(19)15(20)4-10)9-16(29)27-13-6-11(17(21,22)23)5-12(7-13)18(24,25)26/h2-7H,8-9H2,1H3,(H,27,29). The van der Waals surface area contributed by atoms with Crippen molar-refractivity contribution in [2.45, 2.75) is 18.9 Å². The molecule has 2 aromatic carbocycles. The molecule has 1 N–H and O–H groups in total. The van der Waals surface area contributed by atoms with Gasteiger partial charge < -0.3 is 5.32 Å². The zero-order valence-electron chi connectivity index (χ0n) is 16.0. The Morgan fingerprint density at radius 3 is 1.91 bits per heavy atom. The highest BCUT2D eigenvalue weighted by molar-refractivity contribution is 7.88. The van der Waals surface area contributed by atoms with E-state index in [-0.39, 0.29) is 22.7 Å². The summed E-state index contributed by atoms with van der Waals surface area (Å²) in [7, 11) is -4.00. The topological polar surface area (TPSA) is 66.5 Å². The number of halogens is 8. The van der Waals surface area contributed by atoms with Crippen LogP contribution in [-0.2, 0) is 33.7 Å². The Morgan fingerprint density at radius 2 is 1.47 bits per heavy atom. The maximum atomic E-state index is 13.0. The van der Waals surface area contributed by atoms with Crippen molar-refractivity contribution in [2.24, 2.45) is 0 Å². The summed E-state index contributed by atoms with van der Waals surface area (Å²) in [4.78, 5) is 12.3. The largest absolute Gasteiger partial charge is 0.416 e. The van der Waals surface area contributed by atoms with Gasteiger partial charge in [-0.05, 0) is 35.9 Å². The van der Waals surface area contributed by atoms with E-state index in [4.69, 9.17) is 23.2 Å². The number of hydrogen-bond donors (Lipinski definition) is 1. The Kier molecular flexibility index (Phi) is 7.75. The van der Waals surface area contributed by atoms with Crippen LogP contribution in [0.5, 0.6) is 0 Å². The average Bonchev–Trinajstić information content (AvgIpc) is 2.61. The number of amides is 1. The first kappa shape index (κ1) is 26.2. The van der Waals surface area contributed by atoms with Gasteiger partial charge in [-0.3, -0.25) is 4.79 Å². The minimum absolute atomic E-state index is 0.0945. The van der Waals surface area contributed by atoms with E-state index in [9.17, 15) is 39.6 Å². The van der Waals surface area contributed by atoms with Gasteiger partial charge in [0.15, 0.2) is 0 Å². The summed E-state index contributed by atoms with van der Waals surface area (Å²) in [5.74, 6) is -1.15. The highest BCUT2D eigenvalue weighted by atomic mass is 35.5. The lowest BCUT2D eigenvalue weighted by Gasteiger charge is -2.20. The fourth-order valence-electron chi connectivity index (χ4n) is 2.52. The molecule has 2 rings (SSSR count). The predicted octanol–water partition coefficient (Wildman–Crippen LogP) is 5.43. The molecular formula is C18H14Cl2F6N2O3S. The molecule has 0 aromatic heterocycles. The number of anilines is 1. The molecule has 0 fully saturated rings. The summed E-state index contributed by atoms with van der Waals surface area (Å²) in [5.41, 5.74) is -3.70. The van der Waals surface area contributed by atoms with E-state index in [2.05, 4.69) is 0 Å². The number of alkyl halides is 6. The number of sulfonamides is 1. The molecule has 0 aliphatic heterocycles. The first-order valence-corrected chi connectivity index (χ1v) is 11.1. The Labute approximate surface area is 189 Å². The van der Waals surface area contributed by atoms with Gasteiger partial charge in [-0.2, -0.15) is 30.6 Å². The van der Waals surface area contributed by atoms with Crippen LogP contribution in [-0.4, -0.2) is 31.4 Å². The van der Waals surface area contributed by atoms with Crippen molar-refractivity contribution in [3.05, 3.63) is 63.1 Å². The Morgan fingerprint density at radius 1 is 0.938 bits per heavy atom. The molecular weight excluding hydrogens is 509 g/mol. The fourth-order valence-corrected chi connectivity index (χ4v) is 3.58. The van der Waals surface area contributed by atoms with E-state index in [1.807, 2.05) is 5.32 Å². The van der Waals surface area contributed by atoms with Gasteiger partial charge in [-0.15, -0.1) is 0 Å². The van der Waals surface area contributed by atoms with E-state index in [0.717, 1.165) is 6.26 Å². The highest BCUT2D eigenvalue weighted by Crippen LogP contribution is 2.37. The van der Waals surface area contributed by atoms with Crippen LogP contribution < -0.4 is 5.32 Å². The third kappa shape index (κ3) is 7.26. The second-order valence-corrected chi connectivity index (χ2v) is 9.42. The third-order valence-electron chi connectivity index (χ3n) is 4.00.